The van der Waals surface area contributed by atoms with E-state index in [1.807, 2.05) is 6.92 Å². The van der Waals surface area contributed by atoms with Crippen LogP contribution in [0.5, 0.6) is 0 Å². The van der Waals surface area contributed by atoms with Gasteiger partial charge in [0, 0.05) is 19.5 Å². The molecule has 1 aromatic rings. The van der Waals surface area contributed by atoms with E-state index in [2.05, 4.69) is 27.3 Å². The monoisotopic (exact) mass is 224 g/mol. The molecule has 2 heterocycles. The lowest BCUT2D eigenvalue weighted by atomic mass is 10.3. The van der Waals surface area contributed by atoms with Crippen LogP contribution in [0.1, 0.15) is 31.5 Å². The van der Waals surface area contributed by atoms with Gasteiger partial charge in [-0.1, -0.05) is 0 Å². The smallest absolute Gasteiger partial charge is 0.230 e. The molecular formula is C11H20N4O. The van der Waals surface area contributed by atoms with Crippen LogP contribution in [-0.4, -0.2) is 40.8 Å². The first-order chi connectivity index (χ1) is 7.74. The molecule has 2 rings (SSSR count). The van der Waals surface area contributed by atoms with Crippen LogP contribution in [0.4, 0.5) is 0 Å². The third-order valence-electron chi connectivity index (χ3n) is 2.90. The molecule has 0 aliphatic carbocycles. The molecular weight excluding hydrogens is 204 g/mol. The van der Waals surface area contributed by atoms with E-state index in [9.17, 15) is 0 Å². The number of nitrogens with zero attached hydrogens (tertiary/aromatic N) is 3. The first-order valence-electron chi connectivity index (χ1n) is 5.99. The Morgan fingerprint density at radius 3 is 2.75 bits per heavy atom. The van der Waals surface area contributed by atoms with Crippen molar-refractivity contribution in [1.29, 1.82) is 0 Å². The minimum atomic E-state index is 0.463. The van der Waals surface area contributed by atoms with Gasteiger partial charge in [-0.15, -0.1) is 10.2 Å². The SMILES string of the molecule is Cc1nnc(CNC(C)CN2CCCC2)o1. The minimum Gasteiger partial charge on any atom is -0.424 e. The van der Waals surface area contributed by atoms with Gasteiger partial charge in [0.2, 0.25) is 11.8 Å². The Labute approximate surface area is 96.2 Å². The van der Waals surface area contributed by atoms with E-state index < -0.39 is 0 Å². The maximum Gasteiger partial charge on any atom is 0.230 e. The van der Waals surface area contributed by atoms with Crippen LogP contribution >= 0.6 is 0 Å². The Morgan fingerprint density at radius 2 is 2.12 bits per heavy atom. The van der Waals surface area contributed by atoms with Crippen LogP contribution in [-0.2, 0) is 6.54 Å². The molecule has 0 radical (unpaired) electrons. The molecule has 0 saturated carbocycles. The summed E-state index contributed by atoms with van der Waals surface area (Å²) < 4.78 is 5.31. The Morgan fingerprint density at radius 1 is 1.38 bits per heavy atom. The standard InChI is InChI=1S/C11H20N4O/c1-9(8-15-5-3-4-6-15)12-7-11-14-13-10(2)16-11/h9,12H,3-8H2,1-2H3. The maximum atomic E-state index is 5.31. The van der Waals surface area contributed by atoms with Gasteiger partial charge in [0.05, 0.1) is 6.54 Å². The molecule has 1 N–H and O–H groups in total. The van der Waals surface area contributed by atoms with Gasteiger partial charge in [0.25, 0.3) is 0 Å². The molecule has 90 valence electrons. The average Bonchev–Trinajstić information content (AvgIpc) is 2.87. The van der Waals surface area contributed by atoms with Crippen LogP contribution in [0, 0.1) is 6.92 Å². The Kier molecular flexibility index (Phi) is 3.90. The highest BCUT2D eigenvalue weighted by Gasteiger charge is 2.14. The first kappa shape index (κ1) is 11.5. The van der Waals surface area contributed by atoms with Crippen LogP contribution in [0.15, 0.2) is 4.42 Å². The zero-order chi connectivity index (χ0) is 11.4. The summed E-state index contributed by atoms with van der Waals surface area (Å²) in [6.07, 6.45) is 2.69. The third kappa shape index (κ3) is 3.28. The summed E-state index contributed by atoms with van der Waals surface area (Å²) in [5.41, 5.74) is 0. The molecule has 0 amide bonds. The molecule has 1 saturated heterocycles. The van der Waals surface area contributed by atoms with Gasteiger partial charge < -0.3 is 14.6 Å². The second kappa shape index (κ2) is 5.41. The molecule has 5 nitrogen and oxygen atoms in total. The van der Waals surface area contributed by atoms with E-state index in [4.69, 9.17) is 4.42 Å². The fraction of sp³-hybridized carbons (Fsp3) is 0.818. The van der Waals surface area contributed by atoms with Gasteiger partial charge in [-0.3, -0.25) is 0 Å². The van der Waals surface area contributed by atoms with Gasteiger partial charge in [-0.2, -0.15) is 0 Å². The van der Waals surface area contributed by atoms with Crippen molar-refractivity contribution in [2.45, 2.75) is 39.3 Å². The number of aryl methyl sites for hydroxylation is 1. The summed E-state index contributed by atoms with van der Waals surface area (Å²) in [6, 6.07) is 0.463. The fourth-order valence-corrected chi connectivity index (χ4v) is 2.09. The van der Waals surface area contributed by atoms with Crippen LogP contribution in [0.2, 0.25) is 0 Å². The fourth-order valence-electron chi connectivity index (χ4n) is 2.09. The van der Waals surface area contributed by atoms with Crippen molar-refractivity contribution in [1.82, 2.24) is 20.4 Å². The zero-order valence-electron chi connectivity index (χ0n) is 10.1. The first-order valence-corrected chi connectivity index (χ1v) is 5.99. The van der Waals surface area contributed by atoms with Crippen LogP contribution < -0.4 is 5.32 Å². The van der Waals surface area contributed by atoms with E-state index in [1.54, 1.807) is 0 Å². The van der Waals surface area contributed by atoms with Gasteiger partial charge >= 0.3 is 0 Å². The Balaban J connectivity index is 1.68. The molecule has 0 spiro atoms. The van der Waals surface area contributed by atoms with Gasteiger partial charge in [-0.05, 0) is 32.9 Å². The zero-order valence-corrected chi connectivity index (χ0v) is 10.1. The summed E-state index contributed by atoms with van der Waals surface area (Å²) in [6.45, 7) is 8.26. The van der Waals surface area contributed by atoms with Gasteiger partial charge in [0.15, 0.2) is 0 Å². The second-order valence-corrected chi connectivity index (χ2v) is 4.50. The van der Waals surface area contributed by atoms with Crippen molar-refractivity contribution < 1.29 is 4.42 Å². The lowest BCUT2D eigenvalue weighted by Gasteiger charge is -2.20. The number of hydrogen-bond acceptors (Lipinski definition) is 5. The number of rotatable bonds is 5. The van der Waals surface area contributed by atoms with E-state index >= 15 is 0 Å². The van der Waals surface area contributed by atoms with Crippen LogP contribution in [0.3, 0.4) is 0 Å². The number of aromatic nitrogens is 2. The number of likely N-dealkylation sites (tertiary alicyclic amines) is 1. The Bertz CT molecular complexity index is 320. The van der Waals surface area contributed by atoms with Gasteiger partial charge in [0.1, 0.15) is 0 Å². The molecule has 1 aliphatic rings. The number of hydrogen-bond donors (Lipinski definition) is 1. The van der Waals surface area contributed by atoms with E-state index in [0.717, 1.165) is 6.54 Å². The molecule has 16 heavy (non-hydrogen) atoms. The molecule has 0 aromatic carbocycles. The lowest BCUT2D eigenvalue weighted by Crippen LogP contribution is -2.37. The average molecular weight is 224 g/mol. The summed E-state index contributed by atoms with van der Waals surface area (Å²) >= 11 is 0. The molecule has 1 atom stereocenters. The van der Waals surface area contributed by atoms with Crippen molar-refractivity contribution in [3.63, 3.8) is 0 Å². The molecule has 1 aromatic heterocycles. The van der Waals surface area contributed by atoms with Crippen molar-refractivity contribution >= 4 is 0 Å². The molecule has 5 heteroatoms. The summed E-state index contributed by atoms with van der Waals surface area (Å²) in [7, 11) is 0. The van der Waals surface area contributed by atoms with Gasteiger partial charge in [-0.25, -0.2) is 0 Å². The highest BCUT2D eigenvalue weighted by molar-refractivity contribution is 4.80. The van der Waals surface area contributed by atoms with Crippen molar-refractivity contribution in [3.05, 3.63) is 11.8 Å². The largest absolute Gasteiger partial charge is 0.424 e. The highest BCUT2D eigenvalue weighted by Crippen LogP contribution is 2.07. The maximum absolute atomic E-state index is 5.31. The van der Waals surface area contributed by atoms with E-state index in [1.165, 1.54) is 25.9 Å². The molecule has 0 bridgehead atoms. The summed E-state index contributed by atoms with van der Waals surface area (Å²) in [5, 5.41) is 11.2. The molecule has 1 aliphatic heterocycles. The highest BCUT2D eigenvalue weighted by atomic mass is 16.4. The van der Waals surface area contributed by atoms with Crippen molar-refractivity contribution in [2.24, 2.45) is 0 Å². The second-order valence-electron chi connectivity index (χ2n) is 4.50. The Hall–Kier alpha value is -0.940. The predicted molar refractivity (Wildman–Crippen MR) is 61.0 cm³/mol. The normalized spacial score (nSPS) is 19.1. The predicted octanol–water partition coefficient (Wildman–Crippen LogP) is 0.952. The van der Waals surface area contributed by atoms with Crippen LogP contribution in [0.25, 0.3) is 0 Å². The van der Waals surface area contributed by atoms with Crippen molar-refractivity contribution in [2.75, 3.05) is 19.6 Å². The van der Waals surface area contributed by atoms with Crippen molar-refractivity contribution in [3.8, 4) is 0 Å². The third-order valence-corrected chi connectivity index (χ3v) is 2.90. The summed E-state index contributed by atoms with van der Waals surface area (Å²) in [5.74, 6) is 1.30. The molecule has 1 fully saturated rings. The quantitative estimate of drug-likeness (QED) is 0.807. The molecule has 1 unspecified atom stereocenters. The summed E-state index contributed by atoms with van der Waals surface area (Å²) in [4.78, 5) is 2.50. The lowest BCUT2D eigenvalue weighted by molar-refractivity contribution is 0.293. The number of nitrogens with one attached hydrogen (secondary N) is 1. The minimum absolute atomic E-state index is 0.463. The van der Waals surface area contributed by atoms with E-state index in [-0.39, 0.29) is 0 Å². The topological polar surface area (TPSA) is 54.2 Å². The van der Waals surface area contributed by atoms with E-state index in [0.29, 0.717) is 24.4 Å².